The first-order valence-corrected chi connectivity index (χ1v) is 7.89. The lowest BCUT2D eigenvalue weighted by molar-refractivity contribution is -0.114. The van der Waals surface area contributed by atoms with Gasteiger partial charge in [-0.15, -0.1) is 0 Å². The minimum atomic E-state index is -0.230. The number of hydrogen-bond donors (Lipinski definition) is 2. The molecule has 2 amide bonds. The molecule has 1 aliphatic heterocycles. The molecule has 0 spiro atoms. The van der Waals surface area contributed by atoms with E-state index in [1.165, 1.54) is 13.0 Å². The molecule has 25 heavy (non-hydrogen) atoms. The SMILES string of the molecule is CC(=O)Nc1ccc(NC(=O)/C=C/C2=Cc3ccccc3OC2)cc1. The second-order valence-corrected chi connectivity index (χ2v) is 5.63. The number of amides is 2. The molecule has 0 radical (unpaired) electrons. The van der Waals surface area contributed by atoms with Crippen LogP contribution >= 0.6 is 0 Å². The van der Waals surface area contributed by atoms with Gasteiger partial charge in [-0.1, -0.05) is 24.3 Å². The van der Waals surface area contributed by atoms with Crippen LogP contribution in [0.2, 0.25) is 0 Å². The zero-order valence-electron chi connectivity index (χ0n) is 13.8. The largest absolute Gasteiger partial charge is 0.488 e. The van der Waals surface area contributed by atoms with Crippen molar-refractivity contribution in [3.8, 4) is 5.75 Å². The summed E-state index contributed by atoms with van der Waals surface area (Å²) >= 11 is 0. The maximum atomic E-state index is 12.0. The Kier molecular flexibility index (Phi) is 4.95. The number of carbonyl (C=O) groups is 2. The highest BCUT2D eigenvalue weighted by Crippen LogP contribution is 2.26. The Morgan fingerprint density at radius 3 is 2.40 bits per heavy atom. The van der Waals surface area contributed by atoms with E-state index in [1.54, 1.807) is 30.3 Å². The number of anilines is 2. The van der Waals surface area contributed by atoms with E-state index in [9.17, 15) is 9.59 Å². The van der Waals surface area contributed by atoms with Crippen LogP contribution in [0.25, 0.3) is 6.08 Å². The highest BCUT2D eigenvalue weighted by atomic mass is 16.5. The van der Waals surface area contributed by atoms with Gasteiger partial charge in [-0.2, -0.15) is 0 Å². The minimum absolute atomic E-state index is 0.135. The van der Waals surface area contributed by atoms with Crippen molar-refractivity contribution in [2.24, 2.45) is 0 Å². The molecule has 0 saturated carbocycles. The van der Waals surface area contributed by atoms with Gasteiger partial charge >= 0.3 is 0 Å². The molecule has 0 aromatic heterocycles. The molecular weight excluding hydrogens is 316 g/mol. The molecule has 126 valence electrons. The predicted molar refractivity (Wildman–Crippen MR) is 98.4 cm³/mol. The second-order valence-electron chi connectivity index (χ2n) is 5.63. The number of benzene rings is 2. The van der Waals surface area contributed by atoms with Crippen molar-refractivity contribution in [1.82, 2.24) is 0 Å². The van der Waals surface area contributed by atoms with Gasteiger partial charge in [0, 0.05) is 29.9 Å². The number of carbonyl (C=O) groups excluding carboxylic acids is 2. The first kappa shape index (κ1) is 16.5. The highest BCUT2D eigenvalue weighted by molar-refractivity contribution is 6.00. The van der Waals surface area contributed by atoms with Crippen LogP contribution in [-0.4, -0.2) is 18.4 Å². The molecule has 0 atom stereocenters. The standard InChI is InChI=1S/C20H18N2O3/c1-14(23)21-17-7-9-18(10-8-17)22-20(24)11-6-15-12-16-4-2-3-5-19(16)25-13-15/h2-12H,13H2,1H3,(H,21,23)(H,22,24)/b11-6+. The monoisotopic (exact) mass is 334 g/mol. The van der Waals surface area contributed by atoms with Crippen molar-refractivity contribution in [2.75, 3.05) is 17.2 Å². The molecule has 0 saturated heterocycles. The Morgan fingerprint density at radius 1 is 1.00 bits per heavy atom. The summed E-state index contributed by atoms with van der Waals surface area (Å²) in [6, 6.07) is 14.7. The fourth-order valence-corrected chi connectivity index (χ4v) is 2.44. The fourth-order valence-electron chi connectivity index (χ4n) is 2.44. The Balaban J connectivity index is 1.60. The van der Waals surface area contributed by atoms with Crippen molar-refractivity contribution in [2.45, 2.75) is 6.92 Å². The molecule has 3 rings (SSSR count). The van der Waals surface area contributed by atoms with Crippen molar-refractivity contribution < 1.29 is 14.3 Å². The van der Waals surface area contributed by atoms with E-state index >= 15 is 0 Å². The fraction of sp³-hybridized carbons (Fsp3) is 0.100. The highest BCUT2D eigenvalue weighted by Gasteiger charge is 2.08. The summed E-state index contributed by atoms with van der Waals surface area (Å²) in [7, 11) is 0. The van der Waals surface area contributed by atoms with Gasteiger partial charge in [0.05, 0.1) is 0 Å². The van der Waals surface area contributed by atoms with E-state index in [2.05, 4.69) is 10.6 Å². The first-order valence-electron chi connectivity index (χ1n) is 7.89. The second kappa shape index (κ2) is 7.49. The number of fused-ring (bicyclic) bond motifs is 1. The van der Waals surface area contributed by atoms with E-state index in [0.29, 0.717) is 18.0 Å². The number of ether oxygens (including phenoxy) is 1. The van der Waals surface area contributed by atoms with Gasteiger partial charge in [0.15, 0.2) is 0 Å². The molecule has 0 bridgehead atoms. The summed E-state index contributed by atoms with van der Waals surface area (Å²) in [5.41, 5.74) is 3.27. The number of nitrogens with one attached hydrogen (secondary N) is 2. The van der Waals surface area contributed by atoms with E-state index < -0.39 is 0 Å². The quantitative estimate of drug-likeness (QED) is 0.839. The zero-order valence-corrected chi connectivity index (χ0v) is 13.8. The van der Waals surface area contributed by atoms with Gasteiger partial charge in [0.25, 0.3) is 0 Å². The van der Waals surface area contributed by atoms with Gasteiger partial charge in [-0.05, 0) is 42.0 Å². The smallest absolute Gasteiger partial charge is 0.248 e. The summed E-state index contributed by atoms with van der Waals surface area (Å²) < 4.78 is 5.65. The summed E-state index contributed by atoms with van der Waals surface area (Å²) in [6.07, 6.45) is 5.23. The topological polar surface area (TPSA) is 67.4 Å². The van der Waals surface area contributed by atoms with Crippen LogP contribution < -0.4 is 15.4 Å². The van der Waals surface area contributed by atoms with Crippen LogP contribution in [0.1, 0.15) is 12.5 Å². The number of para-hydroxylation sites is 1. The van der Waals surface area contributed by atoms with Crippen LogP contribution in [0, 0.1) is 0 Å². The van der Waals surface area contributed by atoms with Gasteiger partial charge in [0.2, 0.25) is 11.8 Å². The van der Waals surface area contributed by atoms with E-state index in [1.807, 2.05) is 30.3 Å². The molecule has 2 N–H and O–H groups in total. The van der Waals surface area contributed by atoms with E-state index in [-0.39, 0.29) is 11.8 Å². The van der Waals surface area contributed by atoms with Gasteiger partial charge in [0.1, 0.15) is 12.4 Å². The molecular formula is C20H18N2O3. The van der Waals surface area contributed by atoms with Crippen LogP contribution in [0.4, 0.5) is 11.4 Å². The lowest BCUT2D eigenvalue weighted by atomic mass is 10.1. The molecule has 0 unspecified atom stereocenters. The normalized spacial score (nSPS) is 12.8. The number of hydrogen-bond acceptors (Lipinski definition) is 3. The summed E-state index contributed by atoms with van der Waals surface area (Å²) in [5, 5.41) is 5.45. The Labute approximate surface area is 146 Å². The zero-order chi connectivity index (χ0) is 17.6. The minimum Gasteiger partial charge on any atom is -0.488 e. The lowest BCUT2D eigenvalue weighted by Gasteiger charge is -2.15. The summed E-state index contributed by atoms with van der Waals surface area (Å²) in [5.74, 6) is 0.486. The van der Waals surface area contributed by atoms with Crippen LogP contribution in [0.15, 0.2) is 66.3 Å². The van der Waals surface area contributed by atoms with Gasteiger partial charge in [-0.3, -0.25) is 9.59 Å². The molecule has 5 nitrogen and oxygen atoms in total. The predicted octanol–water partition coefficient (Wildman–Crippen LogP) is 3.62. The maximum Gasteiger partial charge on any atom is 0.248 e. The van der Waals surface area contributed by atoms with Crippen LogP contribution in [0.3, 0.4) is 0 Å². The average Bonchev–Trinajstić information content (AvgIpc) is 2.61. The van der Waals surface area contributed by atoms with Crippen molar-refractivity contribution in [3.63, 3.8) is 0 Å². The van der Waals surface area contributed by atoms with Crippen molar-refractivity contribution >= 4 is 29.3 Å². The molecule has 5 heteroatoms. The average molecular weight is 334 g/mol. The van der Waals surface area contributed by atoms with Gasteiger partial charge in [-0.25, -0.2) is 0 Å². The third kappa shape index (κ3) is 4.57. The third-order valence-electron chi connectivity index (χ3n) is 3.58. The van der Waals surface area contributed by atoms with E-state index in [0.717, 1.165) is 16.9 Å². The van der Waals surface area contributed by atoms with Crippen molar-refractivity contribution in [3.05, 3.63) is 71.8 Å². The van der Waals surface area contributed by atoms with E-state index in [4.69, 9.17) is 4.74 Å². The number of rotatable bonds is 4. The Bertz CT molecular complexity index is 851. The Hall–Kier alpha value is -3.34. The maximum absolute atomic E-state index is 12.0. The van der Waals surface area contributed by atoms with Crippen LogP contribution in [0.5, 0.6) is 5.75 Å². The molecule has 0 aliphatic carbocycles. The molecule has 2 aromatic rings. The lowest BCUT2D eigenvalue weighted by Crippen LogP contribution is -2.10. The van der Waals surface area contributed by atoms with Gasteiger partial charge < -0.3 is 15.4 Å². The third-order valence-corrected chi connectivity index (χ3v) is 3.58. The molecule has 0 fully saturated rings. The Morgan fingerprint density at radius 2 is 1.68 bits per heavy atom. The van der Waals surface area contributed by atoms with Crippen LogP contribution in [-0.2, 0) is 9.59 Å². The first-order chi connectivity index (χ1) is 12.1. The summed E-state index contributed by atoms with van der Waals surface area (Å²) in [6.45, 7) is 1.88. The summed E-state index contributed by atoms with van der Waals surface area (Å²) in [4.78, 5) is 23.0. The molecule has 1 aliphatic rings. The molecule has 1 heterocycles. The molecule has 2 aromatic carbocycles. The van der Waals surface area contributed by atoms with Crippen molar-refractivity contribution in [1.29, 1.82) is 0 Å².